The fourth-order valence-corrected chi connectivity index (χ4v) is 5.46. The first-order chi connectivity index (χ1) is 23.8. The molecule has 7 nitrogen and oxygen atoms in total. The number of ketones is 2. The fraction of sp³-hybridized carbons (Fsp3) is 0.256. The van der Waals surface area contributed by atoms with Gasteiger partial charge in [-0.1, -0.05) is 58.0 Å². The number of hydrogen-bond donors (Lipinski definition) is 2. The van der Waals surface area contributed by atoms with Crippen LogP contribution < -0.4 is 4.74 Å². The van der Waals surface area contributed by atoms with Crippen LogP contribution in [0.25, 0.3) is 10.8 Å². The Morgan fingerprint density at radius 2 is 1.33 bits per heavy atom. The van der Waals surface area contributed by atoms with E-state index in [2.05, 4.69) is 37.0 Å². The summed E-state index contributed by atoms with van der Waals surface area (Å²) in [5.41, 5.74) is 3.48. The third-order valence-corrected chi connectivity index (χ3v) is 8.19. The van der Waals surface area contributed by atoms with Crippen molar-refractivity contribution in [2.45, 2.75) is 71.6 Å². The molecule has 0 aliphatic rings. The quantitative estimate of drug-likeness (QED) is 0.0555. The van der Waals surface area contributed by atoms with E-state index < -0.39 is 0 Å². The fourth-order valence-electron chi connectivity index (χ4n) is 5.46. The molecule has 0 bridgehead atoms. The number of pyridine rings is 2. The molecule has 0 amide bonds. The van der Waals surface area contributed by atoms with Gasteiger partial charge in [-0.2, -0.15) is 42.0 Å². The Labute approximate surface area is 333 Å². The Kier molecular flexibility index (Phi) is 17.4. The molecular weight excluding hydrogens is 920 g/mol. The minimum Gasteiger partial charge on any atom is -0.512 e. The van der Waals surface area contributed by atoms with E-state index in [1.807, 2.05) is 98.8 Å². The van der Waals surface area contributed by atoms with Gasteiger partial charge in [-0.15, -0.1) is 29.0 Å². The Hall–Kier alpha value is -4.29. The summed E-state index contributed by atoms with van der Waals surface area (Å²) in [5, 5.41) is 21.9. The van der Waals surface area contributed by atoms with E-state index in [0.717, 1.165) is 33.4 Å². The predicted molar refractivity (Wildman–Crippen MR) is 198 cm³/mol. The molecule has 2 N–H and O–H groups in total. The Morgan fingerprint density at radius 3 is 1.90 bits per heavy atom. The average Bonchev–Trinajstić information content (AvgIpc) is 3.08. The molecule has 0 spiro atoms. The van der Waals surface area contributed by atoms with Crippen LogP contribution in [-0.2, 0) is 54.6 Å². The van der Waals surface area contributed by atoms with Crippen molar-refractivity contribution in [2.24, 2.45) is 0 Å². The number of carbonyl (C=O) groups is 2. The van der Waals surface area contributed by atoms with Crippen LogP contribution in [0.15, 0.2) is 121 Å². The first-order valence-corrected chi connectivity index (χ1v) is 16.6. The van der Waals surface area contributed by atoms with Crippen molar-refractivity contribution in [3.63, 3.8) is 0 Å². The van der Waals surface area contributed by atoms with Crippen molar-refractivity contribution in [3.8, 4) is 11.6 Å². The summed E-state index contributed by atoms with van der Waals surface area (Å²) in [6.07, 6.45) is 3.25. The first kappa shape index (κ1) is 43.9. The maximum absolute atomic E-state index is 11.1. The number of nitrogens with zero attached hydrogens (tertiary/aromatic N) is 2. The van der Waals surface area contributed by atoms with E-state index in [9.17, 15) is 19.8 Å². The number of hydrogen-bond acceptors (Lipinski definition) is 7. The molecule has 2 aromatic heterocycles. The van der Waals surface area contributed by atoms with E-state index in [0.29, 0.717) is 24.5 Å². The topological polar surface area (TPSA) is 110 Å². The normalized spacial score (nSPS) is 12.7. The van der Waals surface area contributed by atoms with Crippen molar-refractivity contribution < 1.29 is 64.1 Å². The number of fused-ring (bicyclic) bond motifs is 1. The monoisotopic (exact) mass is 964 g/mol. The number of carbonyl (C=O) groups excluding carboxylic acids is 2. The van der Waals surface area contributed by atoms with Crippen LogP contribution in [0.2, 0.25) is 0 Å². The molecule has 5 rings (SSSR count). The zero-order chi connectivity index (χ0) is 36.3. The second-order valence-corrected chi connectivity index (χ2v) is 13.0. The molecule has 0 saturated carbocycles. The van der Waals surface area contributed by atoms with Gasteiger partial charge in [-0.25, -0.2) is 4.98 Å². The number of aliphatic hydroxyl groups excluding tert-OH is 2. The summed E-state index contributed by atoms with van der Waals surface area (Å²) in [7, 11) is 0. The van der Waals surface area contributed by atoms with Crippen molar-refractivity contribution in [2.75, 3.05) is 0 Å². The SMILES string of the molecule is CC(=O)C=C(O)CC(C)c1cccc(C(C)(C)c2[c-]cccc2)n1.CC(=O)C=C(O)CC(C)c1cccc(Oc2[c-]cc3ccccc3c2)n1.[Ir].[Rh]. The predicted octanol–water partition coefficient (Wildman–Crippen LogP) is 10.1. The number of benzene rings is 3. The largest absolute Gasteiger partial charge is 0.512 e. The smallest absolute Gasteiger partial charge is 0.216 e. The van der Waals surface area contributed by atoms with E-state index in [-0.39, 0.29) is 79.9 Å². The van der Waals surface area contributed by atoms with Crippen molar-refractivity contribution in [1.82, 2.24) is 9.97 Å². The van der Waals surface area contributed by atoms with Crippen LogP contribution >= 0.6 is 0 Å². The minimum atomic E-state index is -0.256. The summed E-state index contributed by atoms with van der Waals surface area (Å²) < 4.78 is 5.85. The molecule has 0 aliphatic carbocycles. The number of allylic oxidation sites excluding steroid dienone is 4. The minimum absolute atomic E-state index is 0. The molecule has 9 heteroatoms. The second-order valence-electron chi connectivity index (χ2n) is 13.0. The molecule has 3 aromatic carbocycles. The van der Waals surface area contributed by atoms with E-state index >= 15 is 0 Å². The average molecular weight is 964 g/mol. The van der Waals surface area contributed by atoms with Crippen LogP contribution in [-0.4, -0.2) is 31.7 Å². The third-order valence-electron chi connectivity index (χ3n) is 8.19. The number of ether oxygens (including phenoxy) is 1. The van der Waals surface area contributed by atoms with Crippen LogP contribution in [0.3, 0.4) is 0 Å². The van der Waals surface area contributed by atoms with Gasteiger partial charge >= 0.3 is 0 Å². The second kappa shape index (κ2) is 20.7. The Morgan fingerprint density at radius 1 is 0.769 bits per heavy atom. The third kappa shape index (κ3) is 13.0. The summed E-state index contributed by atoms with van der Waals surface area (Å²) in [6.45, 7) is 11.0. The molecule has 2 radical (unpaired) electrons. The molecule has 5 aromatic rings. The zero-order valence-corrected chi connectivity index (χ0v) is 34.2. The summed E-state index contributed by atoms with van der Waals surface area (Å²) in [6, 6.07) is 37.6. The molecule has 2 heterocycles. The Bertz CT molecular complexity index is 1990. The summed E-state index contributed by atoms with van der Waals surface area (Å²) >= 11 is 0. The van der Waals surface area contributed by atoms with Gasteiger partial charge in [-0.3, -0.25) is 14.6 Å². The Balaban J connectivity index is 0.000000348. The van der Waals surface area contributed by atoms with E-state index in [4.69, 9.17) is 9.72 Å². The van der Waals surface area contributed by atoms with Crippen LogP contribution in [0.1, 0.15) is 88.9 Å². The maximum Gasteiger partial charge on any atom is 0.216 e. The zero-order valence-electron chi connectivity index (χ0n) is 30.1. The summed E-state index contributed by atoms with van der Waals surface area (Å²) in [5.74, 6) is 0.870. The molecular formula is C43H44IrN2O5Rh-2. The van der Waals surface area contributed by atoms with Crippen LogP contribution in [0.4, 0.5) is 0 Å². The van der Waals surface area contributed by atoms with E-state index in [1.165, 1.54) is 26.0 Å². The van der Waals surface area contributed by atoms with E-state index in [1.54, 1.807) is 6.07 Å². The number of rotatable bonds is 12. The van der Waals surface area contributed by atoms with Crippen molar-refractivity contribution >= 4 is 22.3 Å². The molecule has 2 unspecified atom stereocenters. The van der Waals surface area contributed by atoms with Gasteiger partial charge in [0.1, 0.15) is 0 Å². The van der Waals surface area contributed by atoms with Gasteiger partial charge in [0, 0.05) is 111 Å². The van der Waals surface area contributed by atoms with Gasteiger partial charge in [0.25, 0.3) is 0 Å². The molecule has 0 aliphatic heterocycles. The van der Waals surface area contributed by atoms with Crippen molar-refractivity contribution in [1.29, 1.82) is 0 Å². The van der Waals surface area contributed by atoms with Crippen LogP contribution in [0, 0.1) is 12.1 Å². The van der Waals surface area contributed by atoms with Crippen LogP contribution in [0.5, 0.6) is 11.6 Å². The molecule has 52 heavy (non-hydrogen) atoms. The van der Waals surface area contributed by atoms with Gasteiger partial charge in [0.05, 0.1) is 11.5 Å². The summed E-state index contributed by atoms with van der Waals surface area (Å²) in [4.78, 5) is 31.4. The van der Waals surface area contributed by atoms with Crippen molar-refractivity contribution in [3.05, 3.63) is 156 Å². The van der Waals surface area contributed by atoms with Gasteiger partial charge in [0.15, 0.2) is 11.6 Å². The number of aromatic nitrogens is 2. The van der Waals surface area contributed by atoms with Gasteiger partial charge < -0.3 is 14.9 Å². The number of aliphatic hydroxyl groups is 2. The molecule has 0 fully saturated rings. The van der Waals surface area contributed by atoms with Gasteiger partial charge in [0.2, 0.25) is 5.88 Å². The van der Waals surface area contributed by atoms with Gasteiger partial charge in [-0.05, 0) is 32.0 Å². The molecule has 0 saturated heterocycles. The first-order valence-electron chi connectivity index (χ1n) is 16.6. The standard InChI is InChI=1S/C22H20NO3.C21H24NO2.Ir.Rh/c1-15(12-19(25)13-16(2)24)21-8-5-9-22(23-21)26-20-11-10-17-6-3-4-7-18(17)14-20;1-15(13-18(24)14-16(2)23)19-11-8-12-20(22-19)21(3,4)17-9-6-5-7-10-17;;/h3-10,13-15,25H,12H2,1-2H3;5-9,11-12,14-15,24H,13H2,1-4H3;;/q2*-1;;. The molecule has 276 valence electrons. The molecule has 2 atom stereocenters. The maximum atomic E-state index is 11.1.